The molecular formula is C26H30O. The lowest BCUT2D eigenvalue weighted by Crippen LogP contribution is -2.45. The lowest BCUT2D eigenvalue weighted by Gasteiger charge is -2.53. The second kappa shape index (κ2) is 6.97. The van der Waals surface area contributed by atoms with Crippen LogP contribution in [-0.4, -0.2) is 5.78 Å². The molecule has 4 aliphatic carbocycles. The molecule has 1 aromatic rings. The molecule has 3 fully saturated rings. The smallest absolute Gasteiger partial charge is 0.155 e. The lowest BCUT2D eigenvalue weighted by molar-refractivity contribution is -0.116. The maximum Gasteiger partial charge on any atom is 0.155 e. The molecule has 0 heterocycles. The van der Waals surface area contributed by atoms with Crippen LogP contribution in [0.1, 0.15) is 69.8 Å². The van der Waals surface area contributed by atoms with Gasteiger partial charge in [-0.1, -0.05) is 42.0 Å². The second-order valence-electron chi connectivity index (χ2n) is 9.44. The van der Waals surface area contributed by atoms with Crippen molar-refractivity contribution in [2.75, 3.05) is 0 Å². The Hall–Kier alpha value is -1.81. The Labute approximate surface area is 163 Å². The predicted octanol–water partition coefficient (Wildman–Crippen LogP) is 5.94. The van der Waals surface area contributed by atoms with Crippen LogP contribution in [0.25, 0.3) is 0 Å². The highest BCUT2D eigenvalue weighted by atomic mass is 16.1. The fourth-order valence-electron chi connectivity index (χ4n) is 7.13. The summed E-state index contributed by atoms with van der Waals surface area (Å²) >= 11 is 0. The molecule has 1 aromatic carbocycles. The van der Waals surface area contributed by atoms with Crippen molar-refractivity contribution in [1.29, 1.82) is 0 Å². The second-order valence-corrected chi connectivity index (χ2v) is 9.44. The molecule has 1 heteroatoms. The van der Waals surface area contributed by atoms with Crippen LogP contribution in [0.3, 0.4) is 0 Å². The SMILES string of the molecule is O=C1C=C2CC[C@@H]3[C@H](CC[C@]4(CC#Cc5ccccc5)CCC[C@@H]34)[C@H]2CC1. The molecule has 0 radical (unpaired) electrons. The quantitative estimate of drug-likeness (QED) is 0.568. The summed E-state index contributed by atoms with van der Waals surface area (Å²) in [4.78, 5) is 11.9. The predicted molar refractivity (Wildman–Crippen MR) is 109 cm³/mol. The average molecular weight is 359 g/mol. The number of rotatable bonds is 1. The van der Waals surface area contributed by atoms with Crippen LogP contribution in [-0.2, 0) is 4.79 Å². The van der Waals surface area contributed by atoms with Gasteiger partial charge in [-0.05, 0) is 92.2 Å². The van der Waals surface area contributed by atoms with Crippen molar-refractivity contribution in [2.24, 2.45) is 29.1 Å². The van der Waals surface area contributed by atoms with Gasteiger partial charge in [-0.2, -0.15) is 0 Å². The van der Waals surface area contributed by atoms with Gasteiger partial charge >= 0.3 is 0 Å². The molecule has 1 nitrogen and oxygen atoms in total. The molecule has 0 aromatic heterocycles. The summed E-state index contributed by atoms with van der Waals surface area (Å²) in [6.45, 7) is 0. The summed E-state index contributed by atoms with van der Waals surface area (Å²) in [6, 6.07) is 10.4. The normalized spacial score (nSPS) is 37.3. The van der Waals surface area contributed by atoms with E-state index < -0.39 is 0 Å². The van der Waals surface area contributed by atoms with E-state index >= 15 is 0 Å². The molecule has 0 N–H and O–H groups in total. The highest BCUT2D eigenvalue weighted by Gasteiger charge is 2.54. The summed E-state index contributed by atoms with van der Waals surface area (Å²) in [5, 5.41) is 0. The van der Waals surface area contributed by atoms with Crippen LogP contribution >= 0.6 is 0 Å². The summed E-state index contributed by atoms with van der Waals surface area (Å²) < 4.78 is 0. The summed E-state index contributed by atoms with van der Waals surface area (Å²) in [7, 11) is 0. The highest BCUT2D eigenvalue weighted by molar-refractivity contribution is 5.91. The van der Waals surface area contributed by atoms with Gasteiger partial charge in [0, 0.05) is 18.4 Å². The molecule has 0 aliphatic heterocycles. The number of carbonyl (C=O) groups is 1. The largest absolute Gasteiger partial charge is 0.295 e. The first kappa shape index (κ1) is 17.3. The Morgan fingerprint density at radius 1 is 0.963 bits per heavy atom. The van der Waals surface area contributed by atoms with Gasteiger partial charge in [-0.25, -0.2) is 0 Å². The van der Waals surface area contributed by atoms with E-state index in [1.165, 1.54) is 50.5 Å². The van der Waals surface area contributed by atoms with Crippen molar-refractivity contribution in [2.45, 2.75) is 64.2 Å². The molecule has 5 rings (SSSR count). The van der Waals surface area contributed by atoms with Crippen LogP contribution in [0.15, 0.2) is 42.0 Å². The van der Waals surface area contributed by atoms with E-state index in [1.54, 1.807) is 0 Å². The fraction of sp³-hybridized carbons (Fsp3) is 0.577. The minimum absolute atomic E-state index is 0.377. The topological polar surface area (TPSA) is 17.1 Å². The number of benzene rings is 1. The number of hydrogen-bond acceptors (Lipinski definition) is 1. The molecule has 140 valence electrons. The molecule has 3 saturated carbocycles. The van der Waals surface area contributed by atoms with Gasteiger partial charge in [0.05, 0.1) is 0 Å². The number of carbonyl (C=O) groups excluding carboxylic acids is 1. The van der Waals surface area contributed by atoms with Crippen molar-refractivity contribution in [3.63, 3.8) is 0 Å². The van der Waals surface area contributed by atoms with Gasteiger partial charge in [0.1, 0.15) is 0 Å². The van der Waals surface area contributed by atoms with Gasteiger partial charge in [-0.3, -0.25) is 4.79 Å². The van der Waals surface area contributed by atoms with Crippen LogP contribution < -0.4 is 0 Å². The van der Waals surface area contributed by atoms with E-state index in [1.807, 2.05) is 6.08 Å². The van der Waals surface area contributed by atoms with E-state index in [9.17, 15) is 4.79 Å². The molecular weight excluding hydrogens is 328 g/mol. The Kier molecular flexibility index (Phi) is 4.47. The highest BCUT2D eigenvalue weighted by Crippen LogP contribution is 2.63. The van der Waals surface area contributed by atoms with E-state index in [2.05, 4.69) is 42.2 Å². The number of allylic oxidation sites excluding steroid dienone is 1. The molecule has 27 heavy (non-hydrogen) atoms. The zero-order valence-corrected chi connectivity index (χ0v) is 16.3. The van der Waals surface area contributed by atoms with Crippen molar-refractivity contribution in [3.05, 3.63) is 47.5 Å². The molecule has 0 spiro atoms. The lowest BCUT2D eigenvalue weighted by atomic mass is 9.51. The third-order valence-electron chi connectivity index (χ3n) is 8.27. The molecule has 0 bridgehead atoms. The van der Waals surface area contributed by atoms with E-state index in [0.29, 0.717) is 11.2 Å². The Morgan fingerprint density at radius 2 is 1.85 bits per heavy atom. The molecule has 0 amide bonds. The third-order valence-corrected chi connectivity index (χ3v) is 8.27. The van der Waals surface area contributed by atoms with Crippen LogP contribution in [0.2, 0.25) is 0 Å². The number of ketones is 1. The maximum atomic E-state index is 11.9. The minimum Gasteiger partial charge on any atom is -0.295 e. The summed E-state index contributed by atoms with van der Waals surface area (Å²) in [5.74, 6) is 10.7. The van der Waals surface area contributed by atoms with E-state index in [4.69, 9.17) is 0 Å². The van der Waals surface area contributed by atoms with Crippen LogP contribution in [0.4, 0.5) is 0 Å². The van der Waals surface area contributed by atoms with Crippen molar-refractivity contribution >= 4 is 5.78 Å². The van der Waals surface area contributed by atoms with Crippen molar-refractivity contribution < 1.29 is 4.79 Å². The van der Waals surface area contributed by atoms with Gasteiger partial charge in [0.2, 0.25) is 0 Å². The summed E-state index contributed by atoms with van der Waals surface area (Å²) in [6.07, 6.45) is 14.4. The standard InChI is InChI=1S/C26H30O/c27-21-11-13-22-20(18-21)10-12-24-23(22)14-17-26(16-5-9-25(24)26)15-4-8-19-6-2-1-3-7-19/h1-3,6-7,18,22-25H,5,9-17H2/t22-,23+,24+,25-,26-/m0/s1. The van der Waals surface area contributed by atoms with E-state index in [0.717, 1.165) is 48.5 Å². The first-order chi connectivity index (χ1) is 13.3. The number of fused-ring (bicyclic) bond motifs is 5. The van der Waals surface area contributed by atoms with E-state index in [-0.39, 0.29) is 0 Å². The monoisotopic (exact) mass is 358 g/mol. The first-order valence-electron chi connectivity index (χ1n) is 11.0. The van der Waals surface area contributed by atoms with Gasteiger partial charge in [0.15, 0.2) is 5.78 Å². The fourth-order valence-corrected chi connectivity index (χ4v) is 7.13. The van der Waals surface area contributed by atoms with Gasteiger partial charge in [0.25, 0.3) is 0 Å². The zero-order valence-electron chi connectivity index (χ0n) is 16.3. The first-order valence-corrected chi connectivity index (χ1v) is 11.0. The maximum absolute atomic E-state index is 11.9. The van der Waals surface area contributed by atoms with Crippen LogP contribution in [0, 0.1) is 40.9 Å². The van der Waals surface area contributed by atoms with Crippen molar-refractivity contribution in [1.82, 2.24) is 0 Å². The Balaban J connectivity index is 1.36. The van der Waals surface area contributed by atoms with Crippen LogP contribution in [0.5, 0.6) is 0 Å². The molecule has 5 atom stereocenters. The molecule has 0 unspecified atom stereocenters. The molecule has 0 saturated heterocycles. The zero-order chi connectivity index (χ0) is 18.3. The minimum atomic E-state index is 0.377. The summed E-state index contributed by atoms with van der Waals surface area (Å²) in [5.41, 5.74) is 3.13. The third kappa shape index (κ3) is 3.08. The average Bonchev–Trinajstić information content (AvgIpc) is 3.12. The Bertz CT molecular complexity index is 808. The van der Waals surface area contributed by atoms with Crippen molar-refractivity contribution in [3.8, 4) is 11.8 Å². The van der Waals surface area contributed by atoms with Gasteiger partial charge < -0.3 is 0 Å². The Morgan fingerprint density at radius 3 is 2.74 bits per heavy atom. The number of hydrogen-bond donors (Lipinski definition) is 0. The van der Waals surface area contributed by atoms with Gasteiger partial charge in [-0.15, -0.1) is 0 Å². The molecule has 4 aliphatic rings.